The van der Waals surface area contributed by atoms with Crippen molar-refractivity contribution in [3.05, 3.63) is 0 Å². The monoisotopic (exact) mass is 306 g/mol. The van der Waals surface area contributed by atoms with Crippen LogP contribution in [0.25, 0.3) is 0 Å². The quantitative estimate of drug-likeness (QED) is 0.713. The van der Waals surface area contributed by atoms with Gasteiger partial charge in [-0.1, -0.05) is 0 Å². The number of amides is 2. The lowest BCUT2D eigenvalue weighted by Crippen LogP contribution is -2.62. The fraction of sp³-hybridized carbons (Fsp3) is 0.875. The van der Waals surface area contributed by atoms with Crippen LogP contribution in [0.5, 0.6) is 0 Å². The molecule has 4 aliphatic heterocycles. The van der Waals surface area contributed by atoms with Crippen LogP contribution in [0.1, 0.15) is 25.7 Å². The maximum absolute atomic E-state index is 12.5. The number of nitrogens with two attached hydrogens (primary N) is 1. The van der Waals surface area contributed by atoms with Crippen molar-refractivity contribution in [1.82, 2.24) is 14.7 Å². The van der Waals surface area contributed by atoms with Crippen molar-refractivity contribution in [2.45, 2.75) is 31.7 Å². The van der Waals surface area contributed by atoms with Crippen LogP contribution in [0.4, 0.5) is 0 Å². The molecule has 1 unspecified atom stereocenters. The molecule has 1 saturated carbocycles. The van der Waals surface area contributed by atoms with E-state index in [-0.39, 0.29) is 5.91 Å². The van der Waals surface area contributed by atoms with E-state index in [1.54, 1.807) is 0 Å². The van der Waals surface area contributed by atoms with Gasteiger partial charge in [-0.25, -0.2) is 0 Å². The molecule has 0 radical (unpaired) electrons. The molecular weight excluding hydrogens is 280 g/mol. The molecule has 2 N–H and O–H groups in total. The van der Waals surface area contributed by atoms with E-state index < -0.39 is 11.3 Å². The van der Waals surface area contributed by atoms with Crippen molar-refractivity contribution >= 4 is 11.8 Å². The molecule has 6 heteroatoms. The Morgan fingerprint density at radius 1 is 0.955 bits per heavy atom. The first-order valence-electron chi connectivity index (χ1n) is 8.66. The van der Waals surface area contributed by atoms with Gasteiger partial charge in [-0.2, -0.15) is 0 Å². The van der Waals surface area contributed by atoms with Crippen LogP contribution in [0.3, 0.4) is 0 Å². The van der Waals surface area contributed by atoms with E-state index in [4.69, 9.17) is 5.73 Å². The minimum atomic E-state index is -0.849. The number of fused-ring (bicyclic) bond motifs is 3. The summed E-state index contributed by atoms with van der Waals surface area (Å²) in [5.41, 5.74) is 4.57. The molecule has 122 valence electrons. The van der Waals surface area contributed by atoms with Gasteiger partial charge in [-0.3, -0.25) is 14.5 Å². The van der Waals surface area contributed by atoms with E-state index in [2.05, 4.69) is 9.80 Å². The molecule has 2 amide bonds. The number of carbonyl (C=O) groups excluding carboxylic acids is 2. The third kappa shape index (κ3) is 2.24. The van der Waals surface area contributed by atoms with Crippen LogP contribution < -0.4 is 5.73 Å². The maximum Gasteiger partial charge on any atom is 0.238 e. The normalized spacial score (nSPS) is 37.1. The summed E-state index contributed by atoms with van der Waals surface area (Å²) in [5.74, 6) is 0.388. The molecule has 4 saturated heterocycles. The first-order valence-corrected chi connectivity index (χ1v) is 8.66. The van der Waals surface area contributed by atoms with Gasteiger partial charge in [0.05, 0.1) is 0 Å². The molecular formula is C16H26N4O2. The first-order chi connectivity index (χ1) is 10.6. The number of carbonyl (C=O) groups is 2. The van der Waals surface area contributed by atoms with E-state index >= 15 is 0 Å². The summed E-state index contributed by atoms with van der Waals surface area (Å²) < 4.78 is 0. The second-order valence-corrected chi connectivity index (χ2v) is 7.48. The van der Waals surface area contributed by atoms with Crippen molar-refractivity contribution in [2.75, 3.05) is 45.8 Å². The van der Waals surface area contributed by atoms with Crippen LogP contribution in [-0.4, -0.2) is 78.4 Å². The first kappa shape index (κ1) is 14.5. The zero-order chi connectivity index (χ0) is 15.3. The molecule has 0 spiro atoms. The highest BCUT2D eigenvalue weighted by atomic mass is 16.2. The van der Waals surface area contributed by atoms with Crippen molar-refractivity contribution in [1.29, 1.82) is 0 Å². The average Bonchev–Trinajstić information content (AvgIpc) is 3.37. The molecule has 0 aromatic carbocycles. The minimum Gasteiger partial charge on any atom is -0.369 e. The molecule has 0 aromatic rings. The molecule has 22 heavy (non-hydrogen) atoms. The highest BCUT2D eigenvalue weighted by molar-refractivity contribution is 6.07. The smallest absolute Gasteiger partial charge is 0.238 e. The largest absolute Gasteiger partial charge is 0.369 e. The number of nitrogens with zero attached hydrogens (tertiary/aromatic N) is 3. The predicted molar refractivity (Wildman–Crippen MR) is 82.0 cm³/mol. The van der Waals surface area contributed by atoms with E-state index in [1.165, 1.54) is 32.5 Å². The van der Waals surface area contributed by atoms with Gasteiger partial charge in [-0.15, -0.1) is 0 Å². The Hall–Kier alpha value is -1.14. The molecule has 1 atom stereocenters. The Bertz CT molecular complexity index is 475. The molecule has 5 rings (SSSR count). The highest BCUT2D eigenvalue weighted by Crippen LogP contribution is 2.47. The molecule has 5 fully saturated rings. The fourth-order valence-corrected chi connectivity index (χ4v) is 4.60. The summed E-state index contributed by atoms with van der Waals surface area (Å²) in [6, 6.07) is 0.672. The Balaban J connectivity index is 1.35. The SMILES string of the molecule is NC(=O)C1(C(=O)N2CCN(C3CN4CCC3CC4)CC2)CC1. The van der Waals surface area contributed by atoms with E-state index in [1.807, 2.05) is 4.90 Å². The van der Waals surface area contributed by atoms with Gasteiger partial charge < -0.3 is 15.5 Å². The summed E-state index contributed by atoms with van der Waals surface area (Å²) in [6.07, 6.45) is 3.94. The van der Waals surface area contributed by atoms with Crippen LogP contribution in [0, 0.1) is 11.3 Å². The summed E-state index contributed by atoms with van der Waals surface area (Å²) in [4.78, 5) is 31.1. The Labute approximate surface area is 131 Å². The molecule has 4 heterocycles. The third-order valence-corrected chi connectivity index (χ3v) is 6.32. The molecule has 1 aliphatic carbocycles. The van der Waals surface area contributed by atoms with Crippen LogP contribution >= 0.6 is 0 Å². The standard InChI is InChI=1S/C16H26N4O2/c17-14(21)16(3-4-16)15(22)20-9-7-19(8-10-20)13-11-18-5-1-12(13)2-6-18/h12-13H,1-11H2,(H2,17,21). The second kappa shape index (κ2) is 5.20. The summed E-state index contributed by atoms with van der Waals surface area (Å²) in [6.45, 7) is 7.10. The molecule has 2 bridgehead atoms. The lowest BCUT2D eigenvalue weighted by atomic mass is 9.83. The Morgan fingerprint density at radius 2 is 1.59 bits per heavy atom. The average molecular weight is 306 g/mol. The third-order valence-electron chi connectivity index (χ3n) is 6.32. The number of piperazine rings is 1. The topological polar surface area (TPSA) is 69.9 Å². The van der Waals surface area contributed by atoms with Gasteiger partial charge in [0.25, 0.3) is 0 Å². The van der Waals surface area contributed by atoms with Gasteiger partial charge in [0.1, 0.15) is 5.41 Å². The van der Waals surface area contributed by atoms with Gasteiger partial charge in [0, 0.05) is 38.8 Å². The summed E-state index contributed by atoms with van der Waals surface area (Å²) in [7, 11) is 0. The van der Waals surface area contributed by atoms with Crippen LogP contribution in [-0.2, 0) is 9.59 Å². The number of piperidine rings is 3. The van der Waals surface area contributed by atoms with E-state index in [9.17, 15) is 9.59 Å². The van der Waals surface area contributed by atoms with E-state index in [0.717, 1.165) is 32.1 Å². The number of rotatable bonds is 3. The molecule has 6 nitrogen and oxygen atoms in total. The highest BCUT2D eigenvalue weighted by Gasteiger charge is 2.57. The summed E-state index contributed by atoms with van der Waals surface area (Å²) in [5, 5.41) is 0. The van der Waals surface area contributed by atoms with E-state index in [0.29, 0.717) is 18.9 Å². The van der Waals surface area contributed by atoms with Gasteiger partial charge in [0.15, 0.2) is 0 Å². The Morgan fingerprint density at radius 3 is 2.05 bits per heavy atom. The number of primary amides is 1. The van der Waals surface area contributed by atoms with Crippen molar-refractivity contribution in [3.63, 3.8) is 0 Å². The number of hydrogen-bond donors (Lipinski definition) is 1. The summed E-state index contributed by atoms with van der Waals surface area (Å²) >= 11 is 0. The maximum atomic E-state index is 12.5. The van der Waals surface area contributed by atoms with Crippen LogP contribution in [0.2, 0.25) is 0 Å². The van der Waals surface area contributed by atoms with Crippen LogP contribution in [0.15, 0.2) is 0 Å². The predicted octanol–water partition coefficient (Wildman–Crippen LogP) is -0.510. The molecule has 0 aromatic heterocycles. The van der Waals surface area contributed by atoms with Gasteiger partial charge in [-0.05, 0) is 44.7 Å². The zero-order valence-corrected chi connectivity index (χ0v) is 13.2. The van der Waals surface area contributed by atoms with Crippen molar-refractivity contribution in [2.24, 2.45) is 17.1 Å². The zero-order valence-electron chi connectivity index (χ0n) is 13.2. The lowest BCUT2D eigenvalue weighted by Gasteiger charge is -2.51. The Kier molecular flexibility index (Phi) is 3.42. The second-order valence-electron chi connectivity index (χ2n) is 7.48. The van der Waals surface area contributed by atoms with Gasteiger partial charge in [0.2, 0.25) is 11.8 Å². The fourth-order valence-electron chi connectivity index (χ4n) is 4.60. The van der Waals surface area contributed by atoms with Crippen molar-refractivity contribution in [3.8, 4) is 0 Å². The number of hydrogen-bond acceptors (Lipinski definition) is 4. The lowest BCUT2D eigenvalue weighted by molar-refractivity contribution is -0.145. The minimum absolute atomic E-state index is 0.0198. The van der Waals surface area contributed by atoms with Crippen molar-refractivity contribution < 1.29 is 9.59 Å². The molecule has 5 aliphatic rings. The van der Waals surface area contributed by atoms with Gasteiger partial charge >= 0.3 is 0 Å².